The van der Waals surface area contributed by atoms with Crippen molar-refractivity contribution in [2.45, 2.75) is 31.9 Å². The summed E-state index contributed by atoms with van der Waals surface area (Å²) in [6.45, 7) is 5.13. The molecule has 1 aromatic rings. The van der Waals surface area contributed by atoms with Crippen molar-refractivity contribution >= 4 is 0 Å². The van der Waals surface area contributed by atoms with Crippen molar-refractivity contribution in [1.29, 1.82) is 0 Å². The van der Waals surface area contributed by atoms with E-state index in [-0.39, 0.29) is 6.04 Å². The monoisotopic (exact) mass is 205 g/mol. The predicted octanol–water partition coefficient (Wildman–Crippen LogP) is 1.91. The highest BCUT2D eigenvalue weighted by Crippen LogP contribution is 2.38. The number of rotatable bonds is 1. The van der Waals surface area contributed by atoms with E-state index >= 15 is 0 Å². The quantitative estimate of drug-likeness (QED) is 0.757. The number of hydrogen-bond acceptors (Lipinski definition) is 2. The Bertz CT molecular complexity index is 363. The zero-order valence-electron chi connectivity index (χ0n) is 9.70. The Kier molecular flexibility index (Phi) is 2.57. The van der Waals surface area contributed by atoms with Crippen LogP contribution in [-0.4, -0.2) is 29.6 Å². The van der Waals surface area contributed by atoms with Gasteiger partial charge >= 0.3 is 0 Å². The van der Waals surface area contributed by atoms with Gasteiger partial charge in [-0.1, -0.05) is 24.3 Å². The summed E-state index contributed by atoms with van der Waals surface area (Å²) in [5.74, 6) is 0. The zero-order chi connectivity index (χ0) is 11.1. The molecule has 0 aromatic heterocycles. The summed E-state index contributed by atoms with van der Waals surface area (Å²) in [4.78, 5) is 2.21. The maximum atomic E-state index is 10.7. The van der Waals surface area contributed by atoms with Crippen molar-refractivity contribution < 1.29 is 5.11 Å². The molecule has 15 heavy (non-hydrogen) atoms. The summed E-state index contributed by atoms with van der Waals surface area (Å²) in [6.07, 6.45) is 0.829. The molecular formula is C13H19NO. The van der Waals surface area contributed by atoms with Crippen molar-refractivity contribution in [2.75, 3.05) is 13.6 Å². The molecule has 1 aromatic carbocycles. The maximum Gasteiger partial charge on any atom is 0.106 e. The third-order valence-electron chi connectivity index (χ3n) is 3.81. The van der Waals surface area contributed by atoms with E-state index in [4.69, 9.17) is 0 Å². The number of likely N-dealkylation sites (tertiary alicyclic amines) is 1. The van der Waals surface area contributed by atoms with Crippen LogP contribution < -0.4 is 0 Å². The van der Waals surface area contributed by atoms with Crippen molar-refractivity contribution in [3.63, 3.8) is 0 Å². The Balaban J connectivity index is 2.42. The summed E-state index contributed by atoms with van der Waals surface area (Å²) >= 11 is 0. The molecule has 0 bridgehead atoms. The first-order chi connectivity index (χ1) is 7.05. The molecule has 2 atom stereocenters. The van der Waals surface area contributed by atoms with Crippen molar-refractivity contribution in [2.24, 2.45) is 0 Å². The number of aliphatic hydroxyl groups is 1. The highest BCUT2D eigenvalue weighted by Gasteiger charge is 2.43. The van der Waals surface area contributed by atoms with Gasteiger partial charge in [-0.05, 0) is 38.4 Å². The molecule has 1 aliphatic heterocycles. The lowest BCUT2D eigenvalue weighted by Gasteiger charge is -2.31. The second kappa shape index (κ2) is 3.62. The smallest absolute Gasteiger partial charge is 0.106 e. The molecule has 0 aliphatic carbocycles. The minimum Gasteiger partial charge on any atom is -0.383 e. The average molecular weight is 205 g/mol. The summed E-state index contributed by atoms with van der Waals surface area (Å²) in [5.41, 5.74) is 1.60. The van der Waals surface area contributed by atoms with Crippen LogP contribution in [0.15, 0.2) is 24.3 Å². The van der Waals surface area contributed by atoms with Gasteiger partial charge in [0.15, 0.2) is 0 Å². The fraction of sp³-hybridized carbons (Fsp3) is 0.538. The van der Waals surface area contributed by atoms with Crippen molar-refractivity contribution in [1.82, 2.24) is 4.90 Å². The van der Waals surface area contributed by atoms with Gasteiger partial charge in [-0.3, -0.25) is 0 Å². The minimum atomic E-state index is -0.667. The van der Waals surface area contributed by atoms with Crippen LogP contribution in [0, 0.1) is 6.92 Å². The zero-order valence-corrected chi connectivity index (χ0v) is 9.70. The van der Waals surface area contributed by atoms with Crippen LogP contribution in [-0.2, 0) is 5.60 Å². The number of nitrogens with zero attached hydrogens (tertiary/aromatic N) is 1. The van der Waals surface area contributed by atoms with Gasteiger partial charge in [0.1, 0.15) is 5.60 Å². The minimum absolute atomic E-state index is 0.193. The van der Waals surface area contributed by atoms with E-state index in [1.54, 1.807) is 0 Å². The molecule has 1 N–H and O–H groups in total. The first-order valence-electron chi connectivity index (χ1n) is 5.54. The van der Waals surface area contributed by atoms with Crippen LogP contribution in [0.2, 0.25) is 0 Å². The lowest BCUT2D eigenvalue weighted by atomic mass is 9.85. The summed E-state index contributed by atoms with van der Waals surface area (Å²) < 4.78 is 0. The third kappa shape index (κ3) is 1.58. The molecule has 0 amide bonds. The van der Waals surface area contributed by atoms with Gasteiger partial charge in [0, 0.05) is 12.6 Å². The number of benzene rings is 1. The molecule has 1 heterocycles. The number of aryl methyl sites for hydroxylation is 1. The van der Waals surface area contributed by atoms with Gasteiger partial charge in [0.25, 0.3) is 0 Å². The van der Waals surface area contributed by atoms with Gasteiger partial charge < -0.3 is 10.0 Å². The van der Waals surface area contributed by atoms with Gasteiger partial charge in [-0.25, -0.2) is 0 Å². The Morgan fingerprint density at radius 3 is 2.60 bits per heavy atom. The molecule has 0 radical (unpaired) electrons. The number of likely N-dealkylation sites (N-methyl/N-ethyl adjacent to an activating group) is 1. The number of hydrogen-bond donors (Lipinski definition) is 1. The van der Waals surface area contributed by atoms with Crippen molar-refractivity contribution in [3.05, 3.63) is 35.4 Å². The molecule has 0 saturated carbocycles. The van der Waals surface area contributed by atoms with Crippen LogP contribution in [0.4, 0.5) is 0 Å². The predicted molar refractivity (Wildman–Crippen MR) is 61.8 cm³/mol. The molecule has 2 rings (SSSR count). The van der Waals surface area contributed by atoms with Crippen LogP contribution in [0.1, 0.15) is 24.5 Å². The third-order valence-corrected chi connectivity index (χ3v) is 3.81. The molecule has 2 nitrogen and oxygen atoms in total. The fourth-order valence-corrected chi connectivity index (χ4v) is 2.53. The van der Waals surface area contributed by atoms with Gasteiger partial charge in [-0.15, -0.1) is 0 Å². The highest BCUT2D eigenvalue weighted by atomic mass is 16.3. The van der Waals surface area contributed by atoms with E-state index in [0.717, 1.165) is 18.5 Å². The average Bonchev–Trinajstić information content (AvgIpc) is 2.48. The molecule has 82 valence electrons. The van der Waals surface area contributed by atoms with Crippen LogP contribution >= 0.6 is 0 Å². The van der Waals surface area contributed by atoms with E-state index in [0.29, 0.717) is 0 Å². The Hall–Kier alpha value is -0.860. The molecule has 0 unspecified atom stereocenters. The highest BCUT2D eigenvalue weighted by molar-refractivity contribution is 5.33. The second-order valence-corrected chi connectivity index (χ2v) is 4.65. The molecular weight excluding hydrogens is 186 g/mol. The van der Waals surface area contributed by atoms with Crippen LogP contribution in [0.3, 0.4) is 0 Å². The van der Waals surface area contributed by atoms with Gasteiger partial charge in [0.05, 0.1) is 0 Å². The first-order valence-corrected chi connectivity index (χ1v) is 5.54. The Labute approximate surface area is 91.5 Å². The normalized spacial score (nSPS) is 32.1. The molecule has 2 heteroatoms. The molecule has 0 spiro atoms. The summed E-state index contributed by atoms with van der Waals surface area (Å²) in [7, 11) is 2.07. The van der Waals surface area contributed by atoms with E-state index in [1.807, 2.05) is 18.2 Å². The summed E-state index contributed by atoms with van der Waals surface area (Å²) in [6, 6.07) is 8.33. The summed E-state index contributed by atoms with van der Waals surface area (Å²) in [5, 5.41) is 10.7. The van der Waals surface area contributed by atoms with E-state index in [1.165, 1.54) is 5.56 Å². The van der Waals surface area contributed by atoms with E-state index in [2.05, 4.69) is 31.9 Å². The van der Waals surface area contributed by atoms with Crippen molar-refractivity contribution in [3.8, 4) is 0 Å². The lowest BCUT2D eigenvalue weighted by Crippen LogP contribution is -2.39. The van der Waals surface area contributed by atoms with Crippen LogP contribution in [0.5, 0.6) is 0 Å². The lowest BCUT2D eigenvalue weighted by molar-refractivity contribution is 0.0103. The molecule has 1 aliphatic rings. The maximum absolute atomic E-state index is 10.7. The van der Waals surface area contributed by atoms with Gasteiger partial charge in [-0.2, -0.15) is 0 Å². The Morgan fingerprint density at radius 1 is 1.40 bits per heavy atom. The fourth-order valence-electron chi connectivity index (χ4n) is 2.53. The molecule has 1 fully saturated rings. The van der Waals surface area contributed by atoms with E-state index in [9.17, 15) is 5.11 Å². The van der Waals surface area contributed by atoms with E-state index < -0.39 is 5.60 Å². The standard InChI is InChI=1S/C13H19NO/c1-10-6-4-5-7-12(10)13(15)8-9-14(3)11(13)2/h4-7,11,15H,8-9H2,1-3H3/t11-,13+/m0/s1. The SMILES string of the molecule is Cc1ccccc1[C@@]1(O)CCN(C)[C@H]1C. The van der Waals surface area contributed by atoms with Crippen LogP contribution in [0.25, 0.3) is 0 Å². The largest absolute Gasteiger partial charge is 0.383 e. The molecule has 1 saturated heterocycles. The topological polar surface area (TPSA) is 23.5 Å². The Morgan fingerprint density at radius 2 is 2.07 bits per heavy atom. The van der Waals surface area contributed by atoms with Gasteiger partial charge in [0.2, 0.25) is 0 Å². The second-order valence-electron chi connectivity index (χ2n) is 4.65. The first kappa shape index (κ1) is 10.7.